The number of aromatic nitrogens is 3. The van der Waals surface area contributed by atoms with E-state index in [9.17, 15) is 4.79 Å². The fourth-order valence-electron chi connectivity index (χ4n) is 2.30. The fourth-order valence-corrected chi connectivity index (χ4v) is 2.74. The van der Waals surface area contributed by atoms with Gasteiger partial charge in [-0.05, 0) is 18.7 Å². The Bertz CT molecular complexity index is 623. The molecule has 0 saturated carbocycles. The summed E-state index contributed by atoms with van der Waals surface area (Å²) < 4.78 is 0. The van der Waals surface area contributed by atoms with Gasteiger partial charge in [0.2, 0.25) is 5.13 Å². The Balaban J connectivity index is 1.48. The molecule has 1 aliphatic heterocycles. The number of hydrogen-bond donors (Lipinski definition) is 2. The summed E-state index contributed by atoms with van der Waals surface area (Å²) in [7, 11) is 2.13. The van der Waals surface area contributed by atoms with E-state index < -0.39 is 0 Å². The average molecular weight is 333 g/mol. The SMILES string of the molecule is CN1CCN(c2ccc(CNC(=O)Nc3nncs3)cn2)CC1. The normalized spacial score (nSPS) is 15.4. The van der Waals surface area contributed by atoms with Gasteiger partial charge in [0, 0.05) is 38.9 Å². The largest absolute Gasteiger partial charge is 0.354 e. The summed E-state index contributed by atoms with van der Waals surface area (Å²) in [5.74, 6) is 0.986. The van der Waals surface area contributed by atoms with E-state index in [1.807, 2.05) is 12.1 Å². The lowest BCUT2D eigenvalue weighted by Gasteiger charge is -2.33. The molecule has 0 atom stereocenters. The molecule has 2 aromatic heterocycles. The fraction of sp³-hybridized carbons (Fsp3) is 0.429. The predicted molar refractivity (Wildman–Crippen MR) is 89.7 cm³/mol. The zero-order valence-corrected chi connectivity index (χ0v) is 13.7. The lowest BCUT2D eigenvalue weighted by atomic mass is 10.2. The predicted octanol–water partition coefficient (Wildman–Crippen LogP) is 1.01. The summed E-state index contributed by atoms with van der Waals surface area (Å²) in [5.41, 5.74) is 2.52. The molecule has 2 aromatic rings. The van der Waals surface area contributed by atoms with Gasteiger partial charge in [-0.1, -0.05) is 17.4 Å². The number of anilines is 2. The van der Waals surface area contributed by atoms with Gasteiger partial charge in [-0.3, -0.25) is 5.32 Å². The second kappa shape index (κ2) is 7.34. The van der Waals surface area contributed by atoms with Crippen molar-refractivity contribution < 1.29 is 4.79 Å². The molecular formula is C14H19N7OS. The molecule has 0 radical (unpaired) electrons. The van der Waals surface area contributed by atoms with Crippen molar-refractivity contribution in [1.29, 1.82) is 0 Å². The lowest BCUT2D eigenvalue weighted by Crippen LogP contribution is -2.44. The number of piperazine rings is 1. The van der Waals surface area contributed by atoms with Crippen LogP contribution < -0.4 is 15.5 Å². The van der Waals surface area contributed by atoms with Gasteiger partial charge in [-0.2, -0.15) is 0 Å². The third-order valence-electron chi connectivity index (χ3n) is 3.67. The molecule has 122 valence electrons. The first-order valence-electron chi connectivity index (χ1n) is 7.40. The van der Waals surface area contributed by atoms with Crippen LogP contribution in [-0.4, -0.2) is 59.3 Å². The van der Waals surface area contributed by atoms with Crippen LogP contribution in [-0.2, 0) is 6.54 Å². The molecule has 9 heteroatoms. The molecule has 1 saturated heterocycles. The molecule has 0 aliphatic carbocycles. The van der Waals surface area contributed by atoms with Gasteiger partial charge in [-0.15, -0.1) is 10.2 Å². The van der Waals surface area contributed by atoms with E-state index >= 15 is 0 Å². The Hall–Kier alpha value is -2.26. The number of nitrogens with one attached hydrogen (secondary N) is 2. The van der Waals surface area contributed by atoms with E-state index in [0.717, 1.165) is 37.6 Å². The molecule has 3 rings (SSSR count). The topological polar surface area (TPSA) is 86.3 Å². The number of carbonyl (C=O) groups is 1. The van der Waals surface area contributed by atoms with Crippen molar-refractivity contribution in [1.82, 2.24) is 25.4 Å². The van der Waals surface area contributed by atoms with Gasteiger partial charge < -0.3 is 15.1 Å². The highest BCUT2D eigenvalue weighted by Crippen LogP contribution is 2.13. The minimum atomic E-state index is -0.301. The number of urea groups is 1. The van der Waals surface area contributed by atoms with Crippen LogP contribution in [0.25, 0.3) is 0 Å². The van der Waals surface area contributed by atoms with Gasteiger partial charge in [0.1, 0.15) is 11.3 Å². The second-order valence-corrected chi connectivity index (χ2v) is 6.20. The molecule has 0 spiro atoms. The van der Waals surface area contributed by atoms with Crippen molar-refractivity contribution in [2.75, 3.05) is 43.4 Å². The van der Waals surface area contributed by atoms with Gasteiger partial charge in [0.15, 0.2) is 0 Å². The van der Waals surface area contributed by atoms with Crippen molar-refractivity contribution >= 4 is 28.3 Å². The number of amides is 2. The standard InChI is InChI=1S/C14H19N7OS/c1-20-4-6-21(7-5-20)12-3-2-11(8-15-12)9-16-13(22)18-14-19-17-10-23-14/h2-3,8,10H,4-7,9H2,1H3,(H2,16,18,19,22). The Kier molecular flexibility index (Phi) is 4.99. The van der Waals surface area contributed by atoms with Crippen LogP contribution in [0, 0.1) is 0 Å². The van der Waals surface area contributed by atoms with E-state index in [4.69, 9.17) is 0 Å². The third kappa shape index (κ3) is 4.36. The lowest BCUT2D eigenvalue weighted by molar-refractivity contribution is 0.251. The number of likely N-dealkylation sites (N-methyl/N-ethyl adjacent to an activating group) is 1. The Morgan fingerprint density at radius 2 is 2.13 bits per heavy atom. The van der Waals surface area contributed by atoms with Gasteiger partial charge in [0.25, 0.3) is 0 Å². The summed E-state index contributed by atoms with van der Waals surface area (Å²) in [5, 5.41) is 13.3. The van der Waals surface area contributed by atoms with Crippen LogP contribution in [0.3, 0.4) is 0 Å². The number of pyridine rings is 1. The third-order valence-corrected chi connectivity index (χ3v) is 4.28. The molecule has 3 heterocycles. The zero-order chi connectivity index (χ0) is 16.1. The van der Waals surface area contributed by atoms with E-state index in [0.29, 0.717) is 11.7 Å². The first-order chi connectivity index (χ1) is 11.2. The molecule has 2 amide bonds. The number of carbonyl (C=O) groups excluding carboxylic acids is 1. The molecule has 0 aromatic carbocycles. The molecule has 0 bridgehead atoms. The molecule has 8 nitrogen and oxygen atoms in total. The van der Waals surface area contributed by atoms with Gasteiger partial charge in [0.05, 0.1) is 0 Å². The monoisotopic (exact) mass is 333 g/mol. The molecule has 1 fully saturated rings. The minimum absolute atomic E-state index is 0.301. The Morgan fingerprint density at radius 3 is 2.78 bits per heavy atom. The van der Waals surface area contributed by atoms with E-state index in [-0.39, 0.29) is 6.03 Å². The second-order valence-electron chi connectivity index (χ2n) is 5.37. The van der Waals surface area contributed by atoms with E-state index in [1.54, 1.807) is 11.7 Å². The summed E-state index contributed by atoms with van der Waals surface area (Å²) in [6.45, 7) is 4.50. The molecular weight excluding hydrogens is 314 g/mol. The Morgan fingerprint density at radius 1 is 1.30 bits per heavy atom. The number of rotatable bonds is 4. The van der Waals surface area contributed by atoms with E-state index in [1.165, 1.54) is 11.3 Å². The summed E-state index contributed by atoms with van der Waals surface area (Å²) >= 11 is 1.28. The van der Waals surface area contributed by atoms with Crippen molar-refractivity contribution in [2.45, 2.75) is 6.54 Å². The molecule has 23 heavy (non-hydrogen) atoms. The highest BCUT2D eigenvalue weighted by atomic mass is 32.1. The van der Waals surface area contributed by atoms with Crippen molar-refractivity contribution in [3.63, 3.8) is 0 Å². The van der Waals surface area contributed by atoms with Crippen LogP contribution in [0.2, 0.25) is 0 Å². The van der Waals surface area contributed by atoms with Crippen molar-refractivity contribution in [3.8, 4) is 0 Å². The Labute approximate surface area is 138 Å². The van der Waals surface area contributed by atoms with Gasteiger partial charge in [-0.25, -0.2) is 9.78 Å². The zero-order valence-electron chi connectivity index (χ0n) is 12.9. The van der Waals surface area contributed by atoms with Crippen LogP contribution >= 0.6 is 11.3 Å². The van der Waals surface area contributed by atoms with E-state index in [2.05, 4.69) is 42.7 Å². The first-order valence-corrected chi connectivity index (χ1v) is 8.28. The number of nitrogens with zero attached hydrogens (tertiary/aromatic N) is 5. The number of hydrogen-bond acceptors (Lipinski definition) is 7. The van der Waals surface area contributed by atoms with Crippen LogP contribution in [0.15, 0.2) is 23.8 Å². The molecule has 2 N–H and O–H groups in total. The summed E-state index contributed by atoms with van der Waals surface area (Å²) in [6, 6.07) is 3.70. The highest BCUT2D eigenvalue weighted by Gasteiger charge is 2.15. The highest BCUT2D eigenvalue weighted by molar-refractivity contribution is 7.13. The smallest absolute Gasteiger partial charge is 0.321 e. The maximum absolute atomic E-state index is 11.7. The van der Waals surface area contributed by atoms with Crippen LogP contribution in [0.5, 0.6) is 0 Å². The average Bonchev–Trinajstić information content (AvgIpc) is 3.07. The molecule has 1 aliphatic rings. The molecule has 0 unspecified atom stereocenters. The van der Waals surface area contributed by atoms with Crippen molar-refractivity contribution in [2.24, 2.45) is 0 Å². The summed E-state index contributed by atoms with van der Waals surface area (Å²) in [4.78, 5) is 20.8. The summed E-state index contributed by atoms with van der Waals surface area (Å²) in [6.07, 6.45) is 1.80. The quantitative estimate of drug-likeness (QED) is 0.868. The first kappa shape index (κ1) is 15.6. The van der Waals surface area contributed by atoms with Crippen LogP contribution in [0.1, 0.15) is 5.56 Å². The maximum atomic E-state index is 11.7. The minimum Gasteiger partial charge on any atom is -0.354 e. The van der Waals surface area contributed by atoms with Gasteiger partial charge >= 0.3 is 6.03 Å². The van der Waals surface area contributed by atoms with Crippen LogP contribution in [0.4, 0.5) is 15.7 Å². The maximum Gasteiger partial charge on any atom is 0.321 e. The van der Waals surface area contributed by atoms with Crippen molar-refractivity contribution in [3.05, 3.63) is 29.4 Å².